The lowest BCUT2D eigenvalue weighted by molar-refractivity contribution is 0.0685. The van der Waals surface area contributed by atoms with E-state index in [9.17, 15) is 4.79 Å². The highest BCUT2D eigenvalue weighted by atomic mass is 16.5. The standard InChI is InChI=1S/C9H11NO4/c1-5-6(2-3-13-5)8-4-7(9(11)12)10-14-8/h4-6H,2-3H2,1H3,(H,11,12). The predicted octanol–water partition coefficient (Wildman–Crippen LogP) is 1.27. The van der Waals surface area contributed by atoms with E-state index in [4.69, 9.17) is 14.4 Å². The molecule has 1 N–H and O–H groups in total. The van der Waals surface area contributed by atoms with Crippen molar-refractivity contribution in [1.29, 1.82) is 0 Å². The molecule has 1 aromatic heterocycles. The molecule has 1 fully saturated rings. The minimum absolute atomic E-state index is 0.0425. The summed E-state index contributed by atoms with van der Waals surface area (Å²) >= 11 is 0. The zero-order chi connectivity index (χ0) is 10.1. The summed E-state index contributed by atoms with van der Waals surface area (Å²) in [5.41, 5.74) is -0.0425. The monoisotopic (exact) mass is 197 g/mol. The Labute approximate surface area is 80.6 Å². The number of hydrogen-bond acceptors (Lipinski definition) is 4. The fraction of sp³-hybridized carbons (Fsp3) is 0.556. The van der Waals surface area contributed by atoms with E-state index in [-0.39, 0.29) is 17.7 Å². The quantitative estimate of drug-likeness (QED) is 0.772. The van der Waals surface area contributed by atoms with Gasteiger partial charge in [-0.15, -0.1) is 0 Å². The van der Waals surface area contributed by atoms with Gasteiger partial charge in [0.05, 0.1) is 6.10 Å². The molecular weight excluding hydrogens is 186 g/mol. The molecule has 1 saturated heterocycles. The van der Waals surface area contributed by atoms with Gasteiger partial charge in [-0.3, -0.25) is 0 Å². The third-order valence-electron chi connectivity index (χ3n) is 2.49. The van der Waals surface area contributed by atoms with Crippen LogP contribution in [0.1, 0.15) is 35.5 Å². The first-order valence-electron chi connectivity index (χ1n) is 4.50. The van der Waals surface area contributed by atoms with Crippen LogP contribution in [0.5, 0.6) is 0 Å². The van der Waals surface area contributed by atoms with Crippen LogP contribution in [0, 0.1) is 0 Å². The topological polar surface area (TPSA) is 72.6 Å². The van der Waals surface area contributed by atoms with Crippen molar-refractivity contribution in [3.05, 3.63) is 17.5 Å². The summed E-state index contributed by atoms with van der Waals surface area (Å²) in [4.78, 5) is 10.6. The summed E-state index contributed by atoms with van der Waals surface area (Å²) in [7, 11) is 0. The van der Waals surface area contributed by atoms with Crippen molar-refractivity contribution in [1.82, 2.24) is 5.16 Å². The molecular formula is C9H11NO4. The number of carboxylic acids is 1. The number of aromatic carboxylic acids is 1. The van der Waals surface area contributed by atoms with E-state index in [1.807, 2.05) is 6.92 Å². The van der Waals surface area contributed by atoms with Crippen molar-refractivity contribution in [2.24, 2.45) is 0 Å². The first-order chi connectivity index (χ1) is 6.68. The van der Waals surface area contributed by atoms with Crippen LogP contribution in [0.3, 0.4) is 0 Å². The Bertz CT molecular complexity index is 346. The molecule has 0 spiro atoms. The number of rotatable bonds is 2. The van der Waals surface area contributed by atoms with Gasteiger partial charge in [0.1, 0.15) is 5.76 Å². The first-order valence-corrected chi connectivity index (χ1v) is 4.50. The van der Waals surface area contributed by atoms with Gasteiger partial charge in [-0.1, -0.05) is 5.16 Å². The zero-order valence-corrected chi connectivity index (χ0v) is 7.77. The third-order valence-corrected chi connectivity index (χ3v) is 2.49. The van der Waals surface area contributed by atoms with Crippen molar-refractivity contribution in [3.8, 4) is 0 Å². The van der Waals surface area contributed by atoms with Crippen LogP contribution < -0.4 is 0 Å². The van der Waals surface area contributed by atoms with Crippen molar-refractivity contribution >= 4 is 5.97 Å². The number of carbonyl (C=O) groups is 1. The van der Waals surface area contributed by atoms with Crippen LogP contribution >= 0.6 is 0 Å². The highest BCUT2D eigenvalue weighted by molar-refractivity contribution is 5.85. The molecule has 2 unspecified atom stereocenters. The number of aromatic nitrogens is 1. The van der Waals surface area contributed by atoms with E-state index in [2.05, 4.69) is 5.16 Å². The van der Waals surface area contributed by atoms with Crippen LogP contribution in [0.2, 0.25) is 0 Å². The lowest BCUT2D eigenvalue weighted by Crippen LogP contribution is -2.08. The molecule has 1 aliphatic rings. The van der Waals surface area contributed by atoms with Gasteiger partial charge < -0.3 is 14.4 Å². The van der Waals surface area contributed by atoms with Gasteiger partial charge in [-0.2, -0.15) is 0 Å². The molecule has 5 nitrogen and oxygen atoms in total. The van der Waals surface area contributed by atoms with E-state index in [0.717, 1.165) is 6.42 Å². The molecule has 2 rings (SSSR count). The molecule has 0 radical (unpaired) electrons. The van der Waals surface area contributed by atoms with Gasteiger partial charge in [0, 0.05) is 18.6 Å². The summed E-state index contributed by atoms with van der Waals surface area (Å²) in [6.07, 6.45) is 0.930. The van der Waals surface area contributed by atoms with Gasteiger partial charge in [0.15, 0.2) is 5.69 Å². The highest BCUT2D eigenvalue weighted by Gasteiger charge is 2.29. The Hall–Kier alpha value is -1.36. The maximum Gasteiger partial charge on any atom is 0.358 e. The molecule has 0 bridgehead atoms. The minimum atomic E-state index is -1.06. The fourth-order valence-corrected chi connectivity index (χ4v) is 1.67. The Balaban J connectivity index is 2.20. The number of carboxylic acid groups (broad SMARTS) is 1. The largest absolute Gasteiger partial charge is 0.476 e. The molecule has 0 aromatic carbocycles. The molecule has 1 aliphatic heterocycles. The van der Waals surface area contributed by atoms with Crippen LogP contribution in [0.4, 0.5) is 0 Å². The maximum absolute atomic E-state index is 10.6. The minimum Gasteiger partial charge on any atom is -0.476 e. The molecule has 76 valence electrons. The van der Waals surface area contributed by atoms with Gasteiger partial charge in [0.2, 0.25) is 0 Å². The Morgan fingerprint density at radius 2 is 2.50 bits per heavy atom. The molecule has 14 heavy (non-hydrogen) atoms. The SMILES string of the molecule is CC1OCCC1c1cc(C(=O)O)no1. The van der Waals surface area contributed by atoms with Gasteiger partial charge in [0.25, 0.3) is 0 Å². The number of hydrogen-bond donors (Lipinski definition) is 1. The zero-order valence-electron chi connectivity index (χ0n) is 7.77. The van der Waals surface area contributed by atoms with E-state index in [0.29, 0.717) is 12.4 Å². The Morgan fingerprint density at radius 3 is 3.00 bits per heavy atom. The molecule has 0 aliphatic carbocycles. The van der Waals surface area contributed by atoms with E-state index >= 15 is 0 Å². The van der Waals surface area contributed by atoms with Crippen LogP contribution in [0.25, 0.3) is 0 Å². The predicted molar refractivity (Wildman–Crippen MR) is 46.2 cm³/mol. The average Bonchev–Trinajstić information content (AvgIpc) is 2.71. The van der Waals surface area contributed by atoms with Crippen LogP contribution in [-0.2, 0) is 4.74 Å². The van der Waals surface area contributed by atoms with Crippen LogP contribution in [0.15, 0.2) is 10.6 Å². The molecule has 0 amide bonds. The Morgan fingerprint density at radius 1 is 1.71 bits per heavy atom. The van der Waals surface area contributed by atoms with Crippen molar-refractivity contribution in [3.63, 3.8) is 0 Å². The maximum atomic E-state index is 10.6. The fourth-order valence-electron chi connectivity index (χ4n) is 1.67. The van der Waals surface area contributed by atoms with Crippen LogP contribution in [-0.4, -0.2) is 28.9 Å². The lowest BCUT2D eigenvalue weighted by atomic mass is 10.00. The van der Waals surface area contributed by atoms with Crippen molar-refractivity contribution in [2.75, 3.05) is 6.61 Å². The molecule has 2 heterocycles. The Kier molecular flexibility index (Phi) is 2.25. The van der Waals surface area contributed by atoms with Gasteiger partial charge >= 0.3 is 5.97 Å². The van der Waals surface area contributed by atoms with E-state index < -0.39 is 5.97 Å². The second-order valence-corrected chi connectivity index (χ2v) is 3.39. The summed E-state index contributed by atoms with van der Waals surface area (Å²) in [5, 5.41) is 12.1. The second-order valence-electron chi connectivity index (χ2n) is 3.39. The van der Waals surface area contributed by atoms with Gasteiger partial charge in [-0.25, -0.2) is 4.79 Å². The van der Waals surface area contributed by atoms with Crippen molar-refractivity contribution in [2.45, 2.75) is 25.4 Å². The van der Waals surface area contributed by atoms with Crippen molar-refractivity contribution < 1.29 is 19.2 Å². The molecule has 5 heteroatoms. The third kappa shape index (κ3) is 1.50. The summed E-state index contributed by atoms with van der Waals surface area (Å²) in [6, 6.07) is 1.47. The number of nitrogens with zero attached hydrogens (tertiary/aromatic N) is 1. The molecule has 0 saturated carbocycles. The molecule has 2 atom stereocenters. The first kappa shape index (κ1) is 9.21. The normalized spacial score (nSPS) is 26.6. The molecule has 1 aromatic rings. The van der Waals surface area contributed by atoms with E-state index in [1.54, 1.807) is 0 Å². The van der Waals surface area contributed by atoms with E-state index in [1.165, 1.54) is 6.07 Å². The number of ether oxygens (including phenoxy) is 1. The summed E-state index contributed by atoms with van der Waals surface area (Å²) in [6.45, 7) is 2.63. The average molecular weight is 197 g/mol. The highest BCUT2D eigenvalue weighted by Crippen LogP contribution is 2.31. The smallest absolute Gasteiger partial charge is 0.358 e. The summed E-state index contributed by atoms with van der Waals surface area (Å²) in [5.74, 6) is -0.324. The summed E-state index contributed by atoms with van der Waals surface area (Å²) < 4.78 is 10.3. The lowest BCUT2D eigenvalue weighted by Gasteiger charge is -2.08. The van der Waals surface area contributed by atoms with Gasteiger partial charge in [-0.05, 0) is 13.3 Å². The second kappa shape index (κ2) is 3.42.